The Kier molecular flexibility index (Phi) is 6.35. The molecule has 1 atom stereocenters. The van der Waals surface area contributed by atoms with E-state index in [1.165, 1.54) is 0 Å². The Morgan fingerprint density at radius 2 is 1.87 bits per heavy atom. The molecular formula is C25H28N2O4. The first-order valence-electron chi connectivity index (χ1n) is 11.0. The van der Waals surface area contributed by atoms with Gasteiger partial charge in [-0.2, -0.15) is 0 Å². The van der Waals surface area contributed by atoms with Gasteiger partial charge in [0.1, 0.15) is 11.5 Å². The van der Waals surface area contributed by atoms with Crippen LogP contribution in [0.5, 0.6) is 5.75 Å². The van der Waals surface area contributed by atoms with E-state index in [0.29, 0.717) is 17.9 Å². The van der Waals surface area contributed by atoms with Gasteiger partial charge in [0.15, 0.2) is 0 Å². The van der Waals surface area contributed by atoms with Crippen LogP contribution in [0.1, 0.15) is 62.6 Å². The Morgan fingerprint density at radius 3 is 2.52 bits per heavy atom. The number of rotatable bonds is 6. The van der Waals surface area contributed by atoms with Gasteiger partial charge >= 0.3 is 0 Å². The van der Waals surface area contributed by atoms with Gasteiger partial charge in [-0.05, 0) is 55.2 Å². The summed E-state index contributed by atoms with van der Waals surface area (Å²) < 4.78 is 5.61. The molecule has 1 aromatic carbocycles. The second-order valence-electron chi connectivity index (χ2n) is 8.16. The number of ether oxygens (including phenoxy) is 1. The van der Waals surface area contributed by atoms with E-state index in [4.69, 9.17) is 4.74 Å². The number of pyridine rings is 1. The number of Topliss-reactive ketones (excluding diaryl/α,β-unsaturated/α-hetero) is 1. The van der Waals surface area contributed by atoms with E-state index in [-0.39, 0.29) is 17.4 Å². The zero-order valence-electron chi connectivity index (χ0n) is 17.8. The lowest BCUT2D eigenvalue weighted by Crippen LogP contribution is -2.40. The summed E-state index contributed by atoms with van der Waals surface area (Å²) in [7, 11) is 0. The summed E-state index contributed by atoms with van der Waals surface area (Å²) in [5.74, 6) is -0.633. The summed E-state index contributed by atoms with van der Waals surface area (Å²) in [5, 5.41) is 11.1. The zero-order valence-corrected chi connectivity index (χ0v) is 17.8. The minimum Gasteiger partial charge on any atom is -0.507 e. The molecule has 2 aromatic rings. The second kappa shape index (κ2) is 9.33. The second-order valence-corrected chi connectivity index (χ2v) is 8.16. The van der Waals surface area contributed by atoms with Gasteiger partial charge in [-0.15, -0.1) is 0 Å². The van der Waals surface area contributed by atoms with Gasteiger partial charge in [-0.25, -0.2) is 0 Å². The van der Waals surface area contributed by atoms with Crippen LogP contribution in [0.15, 0.2) is 54.4 Å². The molecule has 1 aliphatic carbocycles. The summed E-state index contributed by atoms with van der Waals surface area (Å²) in [6, 6.07) is 9.97. The highest BCUT2D eigenvalue weighted by Crippen LogP contribution is 2.42. The average Bonchev–Trinajstić information content (AvgIpc) is 3.09. The monoisotopic (exact) mass is 420 g/mol. The number of hydrogen-bond donors (Lipinski definition) is 1. The molecule has 6 heteroatoms. The summed E-state index contributed by atoms with van der Waals surface area (Å²) in [6.45, 7) is 2.64. The first-order valence-corrected chi connectivity index (χ1v) is 11.0. The number of ketones is 1. The maximum Gasteiger partial charge on any atom is 0.295 e. The molecule has 2 fully saturated rings. The largest absolute Gasteiger partial charge is 0.507 e. The average molecular weight is 421 g/mol. The lowest BCUT2D eigenvalue weighted by Gasteiger charge is -2.35. The smallest absolute Gasteiger partial charge is 0.295 e. The fourth-order valence-electron chi connectivity index (χ4n) is 4.54. The lowest BCUT2D eigenvalue weighted by atomic mass is 9.91. The maximum atomic E-state index is 13.1. The summed E-state index contributed by atoms with van der Waals surface area (Å²) in [6.07, 6.45) is 9.18. The van der Waals surface area contributed by atoms with Crippen molar-refractivity contribution in [2.75, 3.05) is 6.61 Å². The number of amides is 1. The van der Waals surface area contributed by atoms with Crippen LogP contribution in [0.4, 0.5) is 0 Å². The van der Waals surface area contributed by atoms with Crippen molar-refractivity contribution in [1.82, 2.24) is 9.88 Å². The van der Waals surface area contributed by atoms with E-state index in [9.17, 15) is 14.7 Å². The van der Waals surface area contributed by atoms with Crippen LogP contribution in [0.3, 0.4) is 0 Å². The Labute approximate surface area is 182 Å². The third-order valence-corrected chi connectivity index (χ3v) is 6.05. The van der Waals surface area contributed by atoms with Crippen molar-refractivity contribution in [3.05, 3.63) is 65.5 Å². The van der Waals surface area contributed by atoms with Gasteiger partial charge in [0.05, 0.1) is 18.2 Å². The quantitative estimate of drug-likeness (QED) is 0.419. The fraction of sp³-hybridized carbons (Fsp3) is 0.400. The normalized spacial score (nSPS) is 21.5. The first kappa shape index (κ1) is 21.1. The predicted octanol–water partition coefficient (Wildman–Crippen LogP) is 4.62. The molecule has 2 heterocycles. The molecule has 6 nitrogen and oxygen atoms in total. The van der Waals surface area contributed by atoms with Crippen molar-refractivity contribution in [1.29, 1.82) is 0 Å². The van der Waals surface area contributed by atoms with Crippen LogP contribution in [-0.4, -0.2) is 39.3 Å². The topological polar surface area (TPSA) is 79.7 Å². The SMILES string of the molecule is CCCOc1ccc(/C(O)=C2/C(=O)C(=O)N(C3CCCCC3)C2c2cccnc2)cc1. The van der Waals surface area contributed by atoms with Crippen LogP contribution in [0.25, 0.3) is 5.76 Å². The van der Waals surface area contributed by atoms with Crippen molar-refractivity contribution >= 4 is 17.4 Å². The highest BCUT2D eigenvalue weighted by Gasteiger charge is 2.48. The summed E-state index contributed by atoms with van der Waals surface area (Å²) in [5.41, 5.74) is 1.35. The molecule has 1 amide bonds. The number of aliphatic hydroxyl groups excluding tert-OH is 1. The first-order chi connectivity index (χ1) is 15.1. The van der Waals surface area contributed by atoms with E-state index in [2.05, 4.69) is 4.98 Å². The molecule has 4 rings (SSSR count). The van der Waals surface area contributed by atoms with Crippen molar-refractivity contribution in [2.24, 2.45) is 0 Å². The predicted molar refractivity (Wildman–Crippen MR) is 117 cm³/mol. The number of nitrogens with zero attached hydrogens (tertiary/aromatic N) is 2. The Balaban J connectivity index is 1.76. The van der Waals surface area contributed by atoms with Gasteiger partial charge in [-0.1, -0.05) is 32.3 Å². The van der Waals surface area contributed by atoms with E-state index >= 15 is 0 Å². The van der Waals surface area contributed by atoms with Crippen molar-refractivity contribution in [3.8, 4) is 5.75 Å². The Hall–Kier alpha value is -3.15. The number of benzene rings is 1. The molecule has 1 saturated heterocycles. The third-order valence-electron chi connectivity index (χ3n) is 6.05. The molecule has 1 aromatic heterocycles. The molecular weight excluding hydrogens is 392 g/mol. The van der Waals surface area contributed by atoms with Gasteiger partial charge in [0.25, 0.3) is 11.7 Å². The van der Waals surface area contributed by atoms with Crippen LogP contribution in [-0.2, 0) is 9.59 Å². The molecule has 1 unspecified atom stereocenters. The number of hydrogen-bond acceptors (Lipinski definition) is 5. The third kappa shape index (κ3) is 4.20. The van der Waals surface area contributed by atoms with E-state index in [1.54, 1.807) is 47.6 Å². The van der Waals surface area contributed by atoms with Crippen LogP contribution in [0, 0.1) is 0 Å². The molecule has 0 spiro atoms. The lowest BCUT2D eigenvalue weighted by molar-refractivity contribution is -0.141. The number of likely N-dealkylation sites (tertiary alicyclic amines) is 1. The Morgan fingerprint density at radius 1 is 1.13 bits per heavy atom. The van der Waals surface area contributed by atoms with Crippen molar-refractivity contribution in [2.45, 2.75) is 57.5 Å². The van der Waals surface area contributed by atoms with Crippen LogP contribution < -0.4 is 4.74 Å². The standard InChI is InChI=1S/C25H28N2O4/c1-2-15-31-20-12-10-17(11-13-20)23(28)21-22(18-7-6-14-26-16-18)27(25(30)24(21)29)19-8-4-3-5-9-19/h6-7,10-14,16,19,22,28H,2-5,8-9,15H2,1H3/b23-21-. The summed E-state index contributed by atoms with van der Waals surface area (Å²) in [4.78, 5) is 32.1. The Bertz CT molecular complexity index is 963. The molecule has 2 aliphatic rings. The molecule has 162 valence electrons. The van der Waals surface area contributed by atoms with E-state index < -0.39 is 17.7 Å². The maximum absolute atomic E-state index is 13.1. The minimum atomic E-state index is -0.636. The van der Waals surface area contributed by atoms with Gasteiger partial charge in [-0.3, -0.25) is 14.6 Å². The molecule has 0 radical (unpaired) electrons. The van der Waals surface area contributed by atoms with Crippen molar-refractivity contribution in [3.63, 3.8) is 0 Å². The van der Waals surface area contributed by atoms with E-state index in [1.807, 2.05) is 13.0 Å². The van der Waals surface area contributed by atoms with Crippen LogP contribution >= 0.6 is 0 Å². The highest BCUT2D eigenvalue weighted by atomic mass is 16.5. The number of aliphatic hydroxyl groups is 1. The minimum absolute atomic E-state index is 0.00877. The summed E-state index contributed by atoms with van der Waals surface area (Å²) >= 11 is 0. The van der Waals surface area contributed by atoms with Gasteiger partial charge in [0, 0.05) is 24.0 Å². The number of carbonyl (C=O) groups excluding carboxylic acids is 2. The molecule has 1 N–H and O–H groups in total. The van der Waals surface area contributed by atoms with Crippen LogP contribution in [0.2, 0.25) is 0 Å². The van der Waals surface area contributed by atoms with Gasteiger partial charge in [0.2, 0.25) is 0 Å². The fourth-order valence-corrected chi connectivity index (χ4v) is 4.54. The molecule has 0 bridgehead atoms. The molecule has 1 saturated carbocycles. The number of carbonyl (C=O) groups is 2. The number of aromatic nitrogens is 1. The molecule has 31 heavy (non-hydrogen) atoms. The molecule has 1 aliphatic heterocycles. The van der Waals surface area contributed by atoms with Crippen molar-refractivity contribution < 1.29 is 19.4 Å². The zero-order chi connectivity index (χ0) is 21.8. The van der Waals surface area contributed by atoms with E-state index in [0.717, 1.165) is 44.1 Å². The van der Waals surface area contributed by atoms with Gasteiger partial charge < -0.3 is 14.7 Å². The highest BCUT2D eigenvalue weighted by molar-refractivity contribution is 6.46.